The van der Waals surface area contributed by atoms with Crippen molar-refractivity contribution in [2.75, 3.05) is 19.0 Å². The fourth-order valence-electron chi connectivity index (χ4n) is 2.92. The molecule has 0 radical (unpaired) electrons. The first-order valence-corrected chi connectivity index (χ1v) is 6.92. The van der Waals surface area contributed by atoms with Gasteiger partial charge in [-0.25, -0.2) is 0 Å². The normalized spacial score (nSPS) is 20.9. The molecule has 0 amide bonds. The lowest BCUT2D eigenvalue weighted by Gasteiger charge is -2.32. The zero-order chi connectivity index (χ0) is 14.1. The Hall–Kier alpha value is -2.16. The molecule has 0 bridgehead atoms. The Morgan fingerprint density at radius 2 is 2.05 bits per heavy atom. The maximum atomic E-state index is 9.60. The first-order valence-electron chi connectivity index (χ1n) is 6.92. The number of ether oxygens (including phenoxy) is 1. The third-order valence-electron chi connectivity index (χ3n) is 3.94. The average molecular weight is 269 g/mol. The van der Waals surface area contributed by atoms with E-state index in [1.54, 1.807) is 12.1 Å². The second-order valence-electron chi connectivity index (χ2n) is 5.36. The number of aromatic hydroxyl groups is 1. The SMILES string of the molecule is CNc1cccc(C2c3ccc(O)cc3OCC2C)c1. The number of benzene rings is 2. The summed E-state index contributed by atoms with van der Waals surface area (Å²) in [4.78, 5) is 0. The number of rotatable bonds is 2. The number of hydrogen-bond donors (Lipinski definition) is 2. The summed E-state index contributed by atoms with van der Waals surface area (Å²) >= 11 is 0. The summed E-state index contributed by atoms with van der Waals surface area (Å²) < 4.78 is 5.75. The summed E-state index contributed by atoms with van der Waals surface area (Å²) in [6.07, 6.45) is 0. The average Bonchev–Trinajstić information content (AvgIpc) is 2.47. The molecule has 0 aliphatic carbocycles. The molecule has 0 spiro atoms. The van der Waals surface area contributed by atoms with E-state index in [1.165, 1.54) is 5.56 Å². The highest BCUT2D eigenvalue weighted by atomic mass is 16.5. The van der Waals surface area contributed by atoms with Gasteiger partial charge < -0.3 is 15.2 Å². The van der Waals surface area contributed by atoms with Gasteiger partial charge >= 0.3 is 0 Å². The molecular formula is C17H19NO2. The number of nitrogens with one attached hydrogen (secondary N) is 1. The largest absolute Gasteiger partial charge is 0.508 e. The molecule has 1 heterocycles. The highest BCUT2D eigenvalue weighted by molar-refractivity contribution is 5.52. The van der Waals surface area contributed by atoms with Crippen molar-refractivity contribution in [1.82, 2.24) is 0 Å². The first-order chi connectivity index (χ1) is 9.69. The first kappa shape index (κ1) is 12.9. The predicted molar refractivity (Wildman–Crippen MR) is 80.6 cm³/mol. The molecule has 1 aliphatic rings. The molecule has 2 unspecified atom stereocenters. The third-order valence-corrected chi connectivity index (χ3v) is 3.94. The molecular weight excluding hydrogens is 250 g/mol. The van der Waals surface area contributed by atoms with Crippen LogP contribution in [0.1, 0.15) is 24.0 Å². The Bertz CT molecular complexity index is 624. The molecule has 1 aliphatic heterocycles. The molecule has 2 N–H and O–H groups in total. The number of phenolic OH excluding ortho intramolecular Hbond substituents is 1. The van der Waals surface area contributed by atoms with Crippen LogP contribution in [0.5, 0.6) is 11.5 Å². The molecule has 2 aromatic rings. The van der Waals surface area contributed by atoms with E-state index in [4.69, 9.17) is 4.74 Å². The lowest BCUT2D eigenvalue weighted by Crippen LogP contribution is -2.24. The van der Waals surface area contributed by atoms with Crippen molar-refractivity contribution in [3.05, 3.63) is 53.6 Å². The molecule has 3 heteroatoms. The van der Waals surface area contributed by atoms with Gasteiger partial charge in [0, 0.05) is 36.2 Å². The number of phenols is 1. The van der Waals surface area contributed by atoms with Crippen molar-refractivity contribution in [2.24, 2.45) is 5.92 Å². The minimum Gasteiger partial charge on any atom is -0.508 e. The highest BCUT2D eigenvalue weighted by Crippen LogP contribution is 2.42. The van der Waals surface area contributed by atoms with Gasteiger partial charge in [-0.3, -0.25) is 0 Å². The van der Waals surface area contributed by atoms with Gasteiger partial charge in [0.1, 0.15) is 11.5 Å². The van der Waals surface area contributed by atoms with Crippen LogP contribution in [-0.4, -0.2) is 18.8 Å². The third kappa shape index (κ3) is 2.20. The van der Waals surface area contributed by atoms with Gasteiger partial charge in [0.05, 0.1) is 6.61 Å². The van der Waals surface area contributed by atoms with Crippen molar-refractivity contribution >= 4 is 5.69 Å². The smallest absolute Gasteiger partial charge is 0.126 e. The Kier molecular flexibility index (Phi) is 3.26. The fraction of sp³-hybridized carbons (Fsp3) is 0.294. The summed E-state index contributed by atoms with van der Waals surface area (Å²) in [5.74, 6) is 1.75. The van der Waals surface area contributed by atoms with Crippen LogP contribution in [0.2, 0.25) is 0 Å². The van der Waals surface area contributed by atoms with E-state index in [0.29, 0.717) is 18.4 Å². The van der Waals surface area contributed by atoms with Crippen LogP contribution in [0.25, 0.3) is 0 Å². The molecule has 0 saturated heterocycles. The van der Waals surface area contributed by atoms with Crippen LogP contribution < -0.4 is 10.1 Å². The topological polar surface area (TPSA) is 41.5 Å². The highest BCUT2D eigenvalue weighted by Gasteiger charge is 2.29. The standard InChI is InChI=1S/C17H19NO2/c1-11-10-20-16-9-14(19)6-7-15(16)17(11)12-4-3-5-13(8-12)18-2/h3-9,11,17-19H,10H2,1-2H3. The van der Waals surface area contributed by atoms with E-state index in [1.807, 2.05) is 13.1 Å². The second-order valence-corrected chi connectivity index (χ2v) is 5.36. The van der Waals surface area contributed by atoms with Crippen molar-refractivity contribution in [2.45, 2.75) is 12.8 Å². The second kappa shape index (κ2) is 5.08. The van der Waals surface area contributed by atoms with E-state index in [9.17, 15) is 5.11 Å². The number of anilines is 1. The van der Waals surface area contributed by atoms with Gasteiger partial charge in [-0.15, -0.1) is 0 Å². The minimum atomic E-state index is 0.251. The van der Waals surface area contributed by atoms with Crippen molar-refractivity contribution in [3.8, 4) is 11.5 Å². The molecule has 104 valence electrons. The molecule has 2 atom stereocenters. The van der Waals surface area contributed by atoms with Crippen LogP contribution in [0.15, 0.2) is 42.5 Å². The minimum absolute atomic E-state index is 0.251. The van der Waals surface area contributed by atoms with Gasteiger partial charge in [-0.05, 0) is 23.8 Å². The van der Waals surface area contributed by atoms with Crippen LogP contribution in [-0.2, 0) is 0 Å². The molecule has 3 nitrogen and oxygen atoms in total. The van der Waals surface area contributed by atoms with Crippen molar-refractivity contribution < 1.29 is 9.84 Å². The molecule has 0 saturated carbocycles. The summed E-state index contributed by atoms with van der Waals surface area (Å²) in [5.41, 5.74) is 3.54. The van der Waals surface area contributed by atoms with Crippen LogP contribution in [0.4, 0.5) is 5.69 Å². The van der Waals surface area contributed by atoms with Crippen LogP contribution >= 0.6 is 0 Å². The summed E-state index contributed by atoms with van der Waals surface area (Å²) in [5, 5.41) is 12.8. The van der Waals surface area contributed by atoms with Crippen LogP contribution in [0, 0.1) is 5.92 Å². The van der Waals surface area contributed by atoms with E-state index in [2.05, 4.69) is 36.5 Å². The zero-order valence-electron chi connectivity index (χ0n) is 11.8. The maximum absolute atomic E-state index is 9.60. The van der Waals surface area contributed by atoms with Gasteiger partial charge in [-0.1, -0.05) is 25.1 Å². The van der Waals surface area contributed by atoms with Gasteiger partial charge in [0.2, 0.25) is 0 Å². The van der Waals surface area contributed by atoms with Crippen molar-refractivity contribution in [3.63, 3.8) is 0 Å². The van der Waals surface area contributed by atoms with Crippen molar-refractivity contribution in [1.29, 1.82) is 0 Å². The molecule has 0 aromatic heterocycles. The Morgan fingerprint density at radius 3 is 2.85 bits per heavy atom. The lowest BCUT2D eigenvalue weighted by atomic mass is 9.80. The summed E-state index contributed by atoms with van der Waals surface area (Å²) in [6.45, 7) is 2.87. The number of hydrogen-bond acceptors (Lipinski definition) is 3. The van der Waals surface area contributed by atoms with E-state index in [0.717, 1.165) is 17.0 Å². The molecule has 20 heavy (non-hydrogen) atoms. The number of fused-ring (bicyclic) bond motifs is 1. The summed E-state index contributed by atoms with van der Waals surface area (Å²) in [6, 6.07) is 13.9. The van der Waals surface area contributed by atoms with Gasteiger partial charge in [-0.2, -0.15) is 0 Å². The predicted octanol–water partition coefficient (Wildman–Crippen LogP) is 3.59. The zero-order valence-corrected chi connectivity index (χ0v) is 11.8. The maximum Gasteiger partial charge on any atom is 0.126 e. The Balaban J connectivity index is 2.08. The van der Waals surface area contributed by atoms with E-state index in [-0.39, 0.29) is 5.75 Å². The Morgan fingerprint density at radius 1 is 1.20 bits per heavy atom. The van der Waals surface area contributed by atoms with Crippen LogP contribution in [0.3, 0.4) is 0 Å². The van der Waals surface area contributed by atoms with E-state index >= 15 is 0 Å². The van der Waals surface area contributed by atoms with Gasteiger partial charge in [0.15, 0.2) is 0 Å². The monoisotopic (exact) mass is 269 g/mol. The quantitative estimate of drug-likeness (QED) is 0.875. The lowest BCUT2D eigenvalue weighted by molar-refractivity contribution is 0.217. The molecule has 0 fully saturated rings. The fourth-order valence-corrected chi connectivity index (χ4v) is 2.92. The van der Waals surface area contributed by atoms with Gasteiger partial charge in [0.25, 0.3) is 0 Å². The molecule has 2 aromatic carbocycles. The summed E-state index contributed by atoms with van der Waals surface area (Å²) in [7, 11) is 1.93. The Labute approximate surface area is 119 Å². The molecule has 3 rings (SSSR count). The van der Waals surface area contributed by atoms with E-state index < -0.39 is 0 Å².